The highest BCUT2D eigenvalue weighted by Gasteiger charge is 2.49. The molecule has 2 aliphatic heterocycles. The van der Waals surface area contributed by atoms with Crippen LogP contribution in [0.2, 0.25) is 0 Å². The lowest BCUT2D eigenvalue weighted by Crippen LogP contribution is -2.43. The molecule has 0 atom stereocenters. The quantitative estimate of drug-likeness (QED) is 0.299. The molecule has 1 saturated heterocycles. The van der Waals surface area contributed by atoms with Crippen molar-refractivity contribution in [3.63, 3.8) is 0 Å². The first-order valence-electron chi connectivity index (χ1n) is 16.3. The first kappa shape index (κ1) is 30.7. The van der Waals surface area contributed by atoms with Crippen LogP contribution in [0.1, 0.15) is 90.3 Å². The third kappa shape index (κ3) is 5.15. The van der Waals surface area contributed by atoms with Crippen LogP contribution in [-0.4, -0.2) is 56.7 Å². The summed E-state index contributed by atoms with van der Waals surface area (Å²) in [7, 11) is 3.88. The maximum atomic E-state index is 14.5. The molecule has 0 N–H and O–H groups in total. The van der Waals surface area contributed by atoms with Crippen LogP contribution in [0.3, 0.4) is 0 Å². The highest BCUT2D eigenvalue weighted by atomic mass is 19.4. The van der Waals surface area contributed by atoms with Gasteiger partial charge in [0.25, 0.3) is 5.91 Å². The van der Waals surface area contributed by atoms with Crippen LogP contribution in [0.25, 0.3) is 0 Å². The fourth-order valence-corrected chi connectivity index (χ4v) is 8.89. The van der Waals surface area contributed by atoms with Crippen LogP contribution in [0.5, 0.6) is 0 Å². The zero-order chi connectivity index (χ0) is 32.4. The van der Waals surface area contributed by atoms with Crippen molar-refractivity contribution >= 4 is 11.6 Å². The van der Waals surface area contributed by atoms with Gasteiger partial charge in [-0.3, -0.25) is 9.69 Å². The van der Waals surface area contributed by atoms with Crippen molar-refractivity contribution in [1.82, 2.24) is 24.6 Å². The Balaban J connectivity index is 1.13. The maximum absolute atomic E-state index is 14.5. The predicted octanol–water partition coefficient (Wildman–Crippen LogP) is 6.26. The molecule has 1 spiro atoms. The lowest BCUT2D eigenvalue weighted by molar-refractivity contribution is -0.138. The Bertz CT molecular complexity index is 1690. The van der Waals surface area contributed by atoms with Crippen LogP contribution in [0.4, 0.5) is 18.9 Å². The van der Waals surface area contributed by atoms with Gasteiger partial charge in [0.2, 0.25) is 0 Å². The zero-order valence-corrected chi connectivity index (χ0v) is 26.6. The average Bonchev–Trinajstić information content (AvgIpc) is 3.72. The number of hydrogen-bond acceptors (Lipinski definition) is 6. The van der Waals surface area contributed by atoms with Gasteiger partial charge in [0.05, 0.1) is 17.5 Å². The molecule has 11 heteroatoms. The van der Waals surface area contributed by atoms with Gasteiger partial charge in [-0.1, -0.05) is 19.1 Å². The van der Waals surface area contributed by atoms with Crippen LogP contribution >= 0.6 is 0 Å². The van der Waals surface area contributed by atoms with E-state index < -0.39 is 17.6 Å². The standard InChI is InChI=1S/C35H40F3N7O/c1-23-16-34(17-23,32-41-40-22-43(32)3)25-5-4-6-27(15-25)45-19-29-28(31(45)46)13-24(14-30(29)35(36,37)38)18-42(2)26-7-9-33(10-8-26)11-12-44(20-33)21-39/h4-6,13-15,22-23,26H,7-12,16-20H2,1-3H3. The first-order chi connectivity index (χ1) is 21.9. The second-order valence-corrected chi connectivity index (χ2v) is 14.4. The predicted molar refractivity (Wildman–Crippen MR) is 167 cm³/mol. The number of amides is 1. The number of aromatic nitrogens is 3. The third-order valence-corrected chi connectivity index (χ3v) is 11.3. The van der Waals surface area contributed by atoms with Gasteiger partial charge in [-0.05, 0) is 104 Å². The van der Waals surface area contributed by atoms with Crippen LogP contribution < -0.4 is 4.90 Å². The van der Waals surface area contributed by atoms with Crippen molar-refractivity contribution in [2.24, 2.45) is 18.4 Å². The molecular formula is C35H40F3N7O. The van der Waals surface area contributed by atoms with E-state index in [9.17, 15) is 23.2 Å². The number of alkyl halides is 3. The molecule has 2 aliphatic carbocycles. The van der Waals surface area contributed by atoms with E-state index in [2.05, 4.69) is 28.2 Å². The van der Waals surface area contributed by atoms with Crippen molar-refractivity contribution in [1.29, 1.82) is 5.26 Å². The molecule has 0 unspecified atom stereocenters. The normalized spacial score (nSPS) is 27.7. The van der Waals surface area contributed by atoms with Gasteiger partial charge in [0.1, 0.15) is 12.2 Å². The van der Waals surface area contributed by atoms with E-state index in [4.69, 9.17) is 0 Å². The fraction of sp³-hybridized carbons (Fsp3) is 0.543. The summed E-state index contributed by atoms with van der Waals surface area (Å²) in [5, 5.41) is 17.8. The average molecular weight is 632 g/mol. The number of carbonyl (C=O) groups excluding carboxylic acids is 1. The summed E-state index contributed by atoms with van der Waals surface area (Å²) in [6, 6.07) is 10.8. The van der Waals surface area contributed by atoms with E-state index in [1.54, 1.807) is 18.5 Å². The van der Waals surface area contributed by atoms with Crippen molar-refractivity contribution in [2.45, 2.75) is 82.6 Å². The molecule has 46 heavy (non-hydrogen) atoms. The zero-order valence-electron chi connectivity index (χ0n) is 26.6. The largest absolute Gasteiger partial charge is 0.416 e. The van der Waals surface area contributed by atoms with E-state index in [0.717, 1.165) is 69.4 Å². The minimum atomic E-state index is -4.58. The van der Waals surface area contributed by atoms with Crippen molar-refractivity contribution in [2.75, 3.05) is 25.0 Å². The van der Waals surface area contributed by atoms with Crippen molar-refractivity contribution in [3.8, 4) is 6.19 Å². The number of benzene rings is 2. The molecule has 8 nitrogen and oxygen atoms in total. The van der Waals surface area contributed by atoms with Crippen molar-refractivity contribution in [3.05, 3.63) is 76.4 Å². The summed E-state index contributed by atoms with van der Waals surface area (Å²) in [5.41, 5.74) is 1.36. The van der Waals surface area contributed by atoms with E-state index in [1.807, 2.05) is 41.8 Å². The van der Waals surface area contributed by atoms with Gasteiger partial charge in [-0.2, -0.15) is 18.4 Å². The van der Waals surface area contributed by atoms with Crippen molar-refractivity contribution < 1.29 is 18.0 Å². The van der Waals surface area contributed by atoms with Gasteiger partial charge in [-0.15, -0.1) is 10.2 Å². The summed E-state index contributed by atoms with van der Waals surface area (Å²) in [6.45, 7) is 4.02. The molecule has 0 radical (unpaired) electrons. The Morgan fingerprint density at radius 3 is 2.52 bits per heavy atom. The molecule has 242 valence electrons. The monoisotopic (exact) mass is 631 g/mol. The van der Waals surface area contributed by atoms with E-state index in [-0.39, 0.29) is 34.5 Å². The van der Waals surface area contributed by atoms with Gasteiger partial charge in [0.15, 0.2) is 6.19 Å². The topological polar surface area (TPSA) is 81.3 Å². The fourth-order valence-electron chi connectivity index (χ4n) is 8.89. The van der Waals surface area contributed by atoms with Gasteiger partial charge in [0, 0.05) is 44.0 Å². The number of hydrogen-bond donors (Lipinski definition) is 0. The number of halogens is 3. The Morgan fingerprint density at radius 2 is 1.89 bits per heavy atom. The molecule has 4 aliphatic rings. The number of anilines is 1. The highest BCUT2D eigenvalue weighted by molar-refractivity contribution is 6.10. The Hall–Kier alpha value is -3.91. The number of carbonyl (C=O) groups is 1. The minimum Gasteiger partial charge on any atom is -0.320 e. The van der Waals surface area contributed by atoms with Gasteiger partial charge >= 0.3 is 6.18 Å². The molecular weight excluding hydrogens is 591 g/mol. The highest BCUT2D eigenvalue weighted by Crippen LogP contribution is 2.52. The van der Waals surface area contributed by atoms with Crippen LogP contribution in [0, 0.1) is 22.8 Å². The molecule has 2 saturated carbocycles. The smallest absolute Gasteiger partial charge is 0.320 e. The molecule has 1 aromatic heterocycles. The molecule has 3 aromatic rings. The summed E-state index contributed by atoms with van der Waals surface area (Å²) in [4.78, 5) is 19.3. The van der Waals surface area contributed by atoms with Gasteiger partial charge in [-0.25, -0.2) is 0 Å². The number of nitrogens with zero attached hydrogens (tertiary/aromatic N) is 7. The number of rotatable bonds is 6. The SMILES string of the molecule is CC1CC(c2cccc(N3Cc4c(cc(CN(C)C5CCC6(CC5)CCN(C#N)C6)cc4C(F)(F)F)C3=O)c2)(c2nncn2C)C1. The Kier molecular flexibility index (Phi) is 7.42. The number of aryl methyl sites for hydroxylation is 1. The lowest BCUT2D eigenvalue weighted by Gasteiger charge is -2.46. The number of likely N-dealkylation sites (tertiary alicyclic amines) is 1. The second kappa shape index (κ2) is 11.1. The van der Waals surface area contributed by atoms with Crippen LogP contribution in [-0.2, 0) is 31.7 Å². The Labute approximate surface area is 267 Å². The lowest BCUT2D eigenvalue weighted by atomic mass is 9.58. The number of nitriles is 1. The first-order valence-corrected chi connectivity index (χ1v) is 16.3. The summed E-state index contributed by atoms with van der Waals surface area (Å²) < 4.78 is 45.5. The Morgan fingerprint density at radius 1 is 1.13 bits per heavy atom. The van der Waals surface area contributed by atoms with E-state index >= 15 is 0 Å². The molecule has 3 fully saturated rings. The third-order valence-electron chi connectivity index (χ3n) is 11.3. The molecule has 2 aromatic carbocycles. The van der Waals surface area contributed by atoms with Gasteiger partial charge < -0.3 is 14.4 Å². The summed E-state index contributed by atoms with van der Waals surface area (Å²) in [5.74, 6) is 0.947. The summed E-state index contributed by atoms with van der Waals surface area (Å²) >= 11 is 0. The summed E-state index contributed by atoms with van der Waals surface area (Å²) in [6.07, 6.45) is 6.09. The second-order valence-electron chi connectivity index (χ2n) is 14.4. The van der Waals surface area contributed by atoms with Crippen LogP contribution in [0.15, 0.2) is 42.7 Å². The molecule has 7 rings (SSSR count). The molecule has 0 bridgehead atoms. The minimum absolute atomic E-state index is 0.0393. The molecule has 3 heterocycles. The van der Waals surface area contributed by atoms with E-state index in [0.29, 0.717) is 23.7 Å². The maximum Gasteiger partial charge on any atom is 0.416 e. The van der Waals surface area contributed by atoms with E-state index in [1.165, 1.54) is 11.0 Å². The number of fused-ring (bicyclic) bond motifs is 1. The molecule has 1 amide bonds.